The van der Waals surface area contributed by atoms with E-state index in [9.17, 15) is 4.79 Å². The molecule has 0 saturated carbocycles. The van der Waals surface area contributed by atoms with Crippen LogP contribution in [0.25, 0.3) is 5.69 Å². The van der Waals surface area contributed by atoms with Gasteiger partial charge in [0.15, 0.2) is 0 Å². The van der Waals surface area contributed by atoms with Crippen molar-refractivity contribution in [2.75, 3.05) is 6.54 Å². The van der Waals surface area contributed by atoms with Gasteiger partial charge in [0.25, 0.3) is 0 Å². The SMILES string of the molecule is C=CCNC(=O)NCc1cn(-c2ccsc2)nn1. The molecule has 6 nitrogen and oxygen atoms in total. The third-order valence-electron chi connectivity index (χ3n) is 2.15. The van der Waals surface area contributed by atoms with Gasteiger partial charge in [-0.2, -0.15) is 11.3 Å². The van der Waals surface area contributed by atoms with E-state index in [0.717, 1.165) is 5.69 Å². The average molecular weight is 263 g/mol. The maximum atomic E-state index is 11.3. The van der Waals surface area contributed by atoms with Crippen LogP contribution in [0.5, 0.6) is 0 Å². The second-order valence-corrected chi connectivity index (χ2v) is 4.27. The standard InChI is InChI=1S/C11H13N5OS/c1-2-4-12-11(17)13-6-9-7-16(15-14-9)10-3-5-18-8-10/h2-3,5,7-8H,1,4,6H2,(H2,12,13,17). The fourth-order valence-electron chi connectivity index (χ4n) is 1.29. The summed E-state index contributed by atoms with van der Waals surface area (Å²) in [5.41, 5.74) is 1.67. The lowest BCUT2D eigenvalue weighted by atomic mass is 10.4. The summed E-state index contributed by atoms with van der Waals surface area (Å²) in [6.07, 6.45) is 3.41. The van der Waals surface area contributed by atoms with Crippen molar-refractivity contribution in [3.05, 3.63) is 41.4 Å². The minimum absolute atomic E-state index is 0.250. The van der Waals surface area contributed by atoms with Gasteiger partial charge in [0, 0.05) is 11.9 Å². The van der Waals surface area contributed by atoms with Gasteiger partial charge >= 0.3 is 6.03 Å². The molecule has 0 radical (unpaired) electrons. The molecule has 0 saturated heterocycles. The van der Waals surface area contributed by atoms with Crippen molar-refractivity contribution in [2.24, 2.45) is 0 Å². The van der Waals surface area contributed by atoms with Gasteiger partial charge in [-0.15, -0.1) is 11.7 Å². The summed E-state index contributed by atoms with van der Waals surface area (Å²) in [7, 11) is 0. The fraction of sp³-hybridized carbons (Fsp3) is 0.182. The van der Waals surface area contributed by atoms with Gasteiger partial charge in [-0.3, -0.25) is 0 Å². The first-order valence-electron chi connectivity index (χ1n) is 5.36. The summed E-state index contributed by atoms with van der Waals surface area (Å²) in [4.78, 5) is 11.3. The number of nitrogens with one attached hydrogen (secondary N) is 2. The van der Waals surface area contributed by atoms with Crippen molar-refractivity contribution in [1.29, 1.82) is 0 Å². The highest BCUT2D eigenvalue weighted by atomic mass is 32.1. The zero-order chi connectivity index (χ0) is 12.8. The van der Waals surface area contributed by atoms with Crippen molar-refractivity contribution in [2.45, 2.75) is 6.54 Å². The number of carbonyl (C=O) groups excluding carboxylic acids is 1. The maximum Gasteiger partial charge on any atom is 0.315 e. The minimum atomic E-state index is -0.250. The molecule has 0 unspecified atom stereocenters. The van der Waals surface area contributed by atoms with Crippen LogP contribution in [0.3, 0.4) is 0 Å². The molecule has 0 spiro atoms. The molecule has 0 aliphatic heterocycles. The van der Waals surface area contributed by atoms with E-state index in [1.807, 2.05) is 16.8 Å². The summed E-state index contributed by atoms with van der Waals surface area (Å²) in [6, 6.07) is 1.70. The number of thiophene rings is 1. The van der Waals surface area contributed by atoms with E-state index in [1.165, 1.54) is 0 Å². The molecule has 0 atom stereocenters. The number of hydrogen-bond donors (Lipinski definition) is 2. The Hall–Kier alpha value is -2.15. The molecule has 2 heterocycles. The van der Waals surface area contributed by atoms with E-state index in [4.69, 9.17) is 0 Å². The third kappa shape index (κ3) is 3.17. The van der Waals surface area contributed by atoms with E-state index < -0.39 is 0 Å². The first kappa shape index (κ1) is 12.3. The Morgan fingerprint density at radius 2 is 2.44 bits per heavy atom. The number of urea groups is 1. The van der Waals surface area contributed by atoms with Crippen LogP contribution < -0.4 is 10.6 Å². The molecule has 0 aliphatic rings. The van der Waals surface area contributed by atoms with Crippen molar-refractivity contribution >= 4 is 17.4 Å². The van der Waals surface area contributed by atoms with Crippen LogP contribution in [-0.4, -0.2) is 27.6 Å². The molecule has 2 aromatic rings. The van der Waals surface area contributed by atoms with Crippen molar-refractivity contribution in [3.8, 4) is 5.69 Å². The Bertz CT molecular complexity index is 519. The number of aromatic nitrogens is 3. The molecule has 0 aliphatic carbocycles. The molecular formula is C11H13N5OS. The molecule has 2 N–H and O–H groups in total. The van der Waals surface area contributed by atoms with Crippen LogP contribution in [0.1, 0.15) is 5.69 Å². The van der Waals surface area contributed by atoms with Gasteiger partial charge in [-0.05, 0) is 11.4 Å². The summed E-state index contributed by atoms with van der Waals surface area (Å²) in [5.74, 6) is 0. The minimum Gasteiger partial charge on any atom is -0.335 e. The zero-order valence-corrected chi connectivity index (χ0v) is 10.5. The van der Waals surface area contributed by atoms with E-state index in [0.29, 0.717) is 18.8 Å². The van der Waals surface area contributed by atoms with E-state index >= 15 is 0 Å². The maximum absolute atomic E-state index is 11.3. The normalized spacial score (nSPS) is 10.0. The lowest BCUT2D eigenvalue weighted by Crippen LogP contribution is -2.35. The average Bonchev–Trinajstić information content (AvgIpc) is 3.03. The highest BCUT2D eigenvalue weighted by Gasteiger charge is 2.04. The number of amides is 2. The number of nitrogens with zero attached hydrogens (tertiary/aromatic N) is 3. The molecule has 0 bridgehead atoms. The first-order chi connectivity index (χ1) is 8.79. The molecule has 2 aromatic heterocycles. The van der Waals surface area contributed by atoms with E-state index in [2.05, 4.69) is 27.5 Å². The molecule has 0 aromatic carbocycles. The van der Waals surface area contributed by atoms with Crippen LogP contribution in [0.4, 0.5) is 4.79 Å². The van der Waals surface area contributed by atoms with Crippen molar-refractivity contribution < 1.29 is 4.79 Å². The molecule has 94 valence electrons. The van der Waals surface area contributed by atoms with E-state index in [1.54, 1.807) is 28.3 Å². The molecule has 7 heteroatoms. The highest BCUT2D eigenvalue weighted by Crippen LogP contribution is 2.10. The van der Waals surface area contributed by atoms with Gasteiger partial charge in [0.05, 0.1) is 18.4 Å². The van der Waals surface area contributed by atoms with Crippen molar-refractivity contribution in [1.82, 2.24) is 25.6 Å². The molecule has 18 heavy (non-hydrogen) atoms. The molecule has 2 rings (SSSR count). The number of carbonyl (C=O) groups is 1. The highest BCUT2D eigenvalue weighted by molar-refractivity contribution is 7.08. The first-order valence-corrected chi connectivity index (χ1v) is 6.30. The van der Waals surface area contributed by atoms with Crippen LogP contribution in [0.15, 0.2) is 35.7 Å². The largest absolute Gasteiger partial charge is 0.335 e. The van der Waals surface area contributed by atoms with Crippen LogP contribution in [0, 0.1) is 0 Å². The van der Waals surface area contributed by atoms with Gasteiger partial charge in [0.1, 0.15) is 5.69 Å². The Morgan fingerprint density at radius 3 is 3.17 bits per heavy atom. The second-order valence-electron chi connectivity index (χ2n) is 3.49. The Balaban J connectivity index is 1.87. The zero-order valence-electron chi connectivity index (χ0n) is 9.67. The quantitative estimate of drug-likeness (QED) is 0.799. The lowest BCUT2D eigenvalue weighted by Gasteiger charge is -2.02. The van der Waals surface area contributed by atoms with Gasteiger partial charge in [-0.1, -0.05) is 11.3 Å². The van der Waals surface area contributed by atoms with Crippen LogP contribution in [-0.2, 0) is 6.54 Å². The predicted octanol–water partition coefficient (Wildman–Crippen LogP) is 1.31. The smallest absolute Gasteiger partial charge is 0.315 e. The summed E-state index contributed by atoms with van der Waals surface area (Å²) in [5, 5.41) is 17.2. The van der Waals surface area contributed by atoms with Gasteiger partial charge in [-0.25, -0.2) is 9.48 Å². The van der Waals surface area contributed by atoms with Crippen LogP contribution >= 0.6 is 11.3 Å². The monoisotopic (exact) mass is 263 g/mol. The Labute approximate surface area is 108 Å². The summed E-state index contributed by atoms with van der Waals surface area (Å²) >= 11 is 1.59. The molecule has 2 amide bonds. The fourth-order valence-corrected chi connectivity index (χ4v) is 1.91. The number of rotatable bonds is 5. The third-order valence-corrected chi connectivity index (χ3v) is 2.82. The topological polar surface area (TPSA) is 71.8 Å². The number of hydrogen-bond acceptors (Lipinski definition) is 4. The van der Waals surface area contributed by atoms with Crippen LogP contribution in [0.2, 0.25) is 0 Å². The Morgan fingerprint density at radius 1 is 1.56 bits per heavy atom. The predicted molar refractivity (Wildman–Crippen MR) is 69.7 cm³/mol. The lowest BCUT2D eigenvalue weighted by molar-refractivity contribution is 0.241. The van der Waals surface area contributed by atoms with E-state index in [-0.39, 0.29) is 6.03 Å². The summed E-state index contributed by atoms with van der Waals surface area (Å²) < 4.78 is 1.68. The van der Waals surface area contributed by atoms with Gasteiger partial charge < -0.3 is 10.6 Å². The molecular weight excluding hydrogens is 250 g/mol. The molecule has 0 fully saturated rings. The van der Waals surface area contributed by atoms with Crippen molar-refractivity contribution in [3.63, 3.8) is 0 Å². The second kappa shape index (κ2) is 5.97. The summed E-state index contributed by atoms with van der Waals surface area (Å²) in [6.45, 7) is 4.29. The van der Waals surface area contributed by atoms with Gasteiger partial charge in [0.2, 0.25) is 0 Å². The Kier molecular flexibility index (Phi) is 4.08.